The molecule has 0 fully saturated rings. The van der Waals surface area contributed by atoms with Crippen LogP contribution in [0, 0.1) is 25.2 Å². The highest BCUT2D eigenvalue weighted by Crippen LogP contribution is 2.25. The molecule has 1 aromatic heterocycles. The number of nitriles is 1. The van der Waals surface area contributed by atoms with Crippen molar-refractivity contribution in [3.8, 4) is 17.6 Å². The standard InChI is InChI=1S/C24H19N3O/c1-16-11-22-23(12-17(16)2)27-24(26-22)19(15-25)13-18-7-6-10-21(14-18)28-20-8-4-3-5-9-20/h3-14H,1-2H3,(H,26,27)/b19-13+. The lowest BCUT2D eigenvalue weighted by Gasteiger charge is -2.06. The van der Waals surface area contributed by atoms with Crippen molar-refractivity contribution in [1.82, 2.24) is 9.97 Å². The first-order chi connectivity index (χ1) is 13.6. The van der Waals surface area contributed by atoms with Crippen LogP contribution in [-0.4, -0.2) is 9.97 Å². The van der Waals surface area contributed by atoms with Gasteiger partial charge in [0.15, 0.2) is 0 Å². The molecular weight excluding hydrogens is 346 g/mol. The molecule has 28 heavy (non-hydrogen) atoms. The summed E-state index contributed by atoms with van der Waals surface area (Å²) in [6.45, 7) is 4.12. The molecule has 136 valence electrons. The Morgan fingerprint density at radius 1 is 0.964 bits per heavy atom. The zero-order valence-electron chi connectivity index (χ0n) is 15.7. The maximum atomic E-state index is 9.67. The summed E-state index contributed by atoms with van der Waals surface area (Å²) in [7, 11) is 0. The van der Waals surface area contributed by atoms with Gasteiger partial charge >= 0.3 is 0 Å². The monoisotopic (exact) mass is 365 g/mol. The first kappa shape index (κ1) is 17.6. The number of ether oxygens (including phenoxy) is 1. The molecule has 0 bridgehead atoms. The maximum Gasteiger partial charge on any atom is 0.149 e. The average molecular weight is 365 g/mol. The minimum atomic E-state index is 0.475. The summed E-state index contributed by atoms with van der Waals surface area (Å²) in [4.78, 5) is 7.85. The fourth-order valence-corrected chi connectivity index (χ4v) is 3.01. The third-order valence-corrected chi connectivity index (χ3v) is 4.62. The highest BCUT2D eigenvalue weighted by atomic mass is 16.5. The summed E-state index contributed by atoms with van der Waals surface area (Å²) in [6.07, 6.45) is 1.81. The number of para-hydroxylation sites is 1. The van der Waals surface area contributed by atoms with Gasteiger partial charge in [-0.25, -0.2) is 4.98 Å². The number of benzene rings is 3. The van der Waals surface area contributed by atoms with Crippen LogP contribution in [0.3, 0.4) is 0 Å². The summed E-state index contributed by atoms with van der Waals surface area (Å²) in [5.74, 6) is 2.05. The summed E-state index contributed by atoms with van der Waals surface area (Å²) in [5.41, 5.74) is 5.51. The van der Waals surface area contributed by atoms with Gasteiger partial charge in [0, 0.05) is 0 Å². The van der Waals surface area contributed by atoms with Crippen molar-refractivity contribution in [1.29, 1.82) is 5.26 Å². The summed E-state index contributed by atoms with van der Waals surface area (Å²) in [6, 6.07) is 23.6. The van der Waals surface area contributed by atoms with E-state index < -0.39 is 0 Å². The number of hydrogen-bond donors (Lipinski definition) is 1. The lowest BCUT2D eigenvalue weighted by atomic mass is 10.1. The maximum absolute atomic E-state index is 9.67. The molecule has 0 aliphatic rings. The van der Waals surface area contributed by atoms with Crippen molar-refractivity contribution in [2.24, 2.45) is 0 Å². The number of fused-ring (bicyclic) bond motifs is 1. The number of aromatic nitrogens is 2. The summed E-state index contributed by atoms with van der Waals surface area (Å²) < 4.78 is 5.88. The average Bonchev–Trinajstić information content (AvgIpc) is 3.10. The van der Waals surface area contributed by atoms with Gasteiger partial charge in [-0.15, -0.1) is 0 Å². The third kappa shape index (κ3) is 3.65. The van der Waals surface area contributed by atoms with Gasteiger partial charge in [-0.05, 0) is 73.0 Å². The predicted octanol–water partition coefficient (Wildman–Crippen LogP) is 6.04. The highest BCUT2D eigenvalue weighted by molar-refractivity contribution is 5.90. The van der Waals surface area contributed by atoms with Gasteiger partial charge in [-0.2, -0.15) is 5.26 Å². The third-order valence-electron chi connectivity index (χ3n) is 4.62. The van der Waals surface area contributed by atoms with Gasteiger partial charge in [0.2, 0.25) is 0 Å². The van der Waals surface area contributed by atoms with E-state index in [-0.39, 0.29) is 0 Å². The Morgan fingerprint density at radius 3 is 2.50 bits per heavy atom. The number of allylic oxidation sites excluding steroid dienone is 1. The molecule has 1 N–H and O–H groups in total. The second kappa shape index (κ2) is 7.42. The van der Waals surface area contributed by atoms with Crippen LogP contribution < -0.4 is 4.74 Å². The minimum absolute atomic E-state index is 0.475. The lowest BCUT2D eigenvalue weighted by Crippen LogP contribution is -1.87. The van der Waals surface area contributed by atoms with Gasteiger partial charge in [0.05, 0.1) is 16.6 Å². The fraction of sp³-hybridized carbons (Fsp3) is 0.0833. The lowest BCUT2D eigenvalue weighted by molar-refractivity contribution is 0.482. The molecule has 4 nitrogen and oxygen atoms in total. The topological polar surface area (TPSA) is 61.7 Å². The van der Waals surface area contributed by atoms with Gasteiger partial charge < -0.3 is 9.72 Å². The first-order valence-electron chi connectivity index (χ1n) is 9.04. The summed E-state index contributed by atoms with van der Waals surface area (Å²) >= 11 is 0. The molecule has 0 amide bonds. The van der Waals surface area contributed by atoms with Crippen LogP contribution in [0.1, 0.15) is 22.5 Å². The largest absolute Gasteiger partial charge is 0.457 e. The predicted molar refractivity (Wildman–Crippen MR) is 112 cm³/mol. The van der Waals surface area contributed by atoms with Crippen LogP contribution in [0.4, 0.5) is 0 Å². The molecule has 4 rings (SSSR count). The van der Waals surface area contributed by atoms with E-state index in [9.17, 15) is 5.26 Å². The Bertz CT molecular complexity index is 1170. The van der Waals surface area contributed by atoms with Gasteiger partial charge in [0.1, 0.15) is 23.4 Å². The molecule has 4 aromatic rings. The van der Waals surface area contributed by atoms with E-state index in [1.807, 2.05) is 66.7 Å². The van der Waals surface area contributed by atoms with Gasteiger partial charge in [0.25, 0.3) is 0 Å². The zero-order valence-corrected chi connectivity index (χ0v) is 15.7. The van der Waals surface area contributed by atoms with Crippen LogP contribution in [0.15, 0.2) is 66.7 Å². The van der Waals surface area contributed by atoms with Crippen LogP contribution >= 0.6 is 0 Å². The molecular formula is C24H19N3O. The molecule has 0 saturated heterocycles. The first-order valence-corrected chi connectivity index (χ1v) is 9.04. The van der Waals surface area contributed by atoms with E-state index in [0.29, 0.717) is 17.1 Å². The molecule has 0 radical (unpaired) electrons. The zero-order chi connectivity index (χ0) is 19.5. The van der Waals surface area contributed by atoms with Crippen molar-refractivity contribution in [2.45, 2.75) is 13.8 Å². The highest BCUT2D eigenvalue weighted by Gasteiger charge is 2.09. The minimum Gasteiger partial charge on any atom is -0.457 e. The van der Waals surface area contributed by atoms with E-state index >= 15 is 0 Å². The van der Waals surface area contributed by atoms with Crippen molar-refractivity contribution < 1.29 is 4.74 Å². The number of nitrogens with one attached hydrogen (secondary N) is 1. The number of nitrogens with zero attached hydrogens (tertiary/aromatic N) is 2. The molecule has 0 aliphatic carbocycles. The molecule has 1 heterocycles. The quantitative estimate of drug-likeness (QED) is 0.449. The number of rotatable bonds is 4. The van der Waals surface area contributed by atoms with Crippen LogP contribution in [0.5, 0.6) is 11.5 Å². The van der Waals surface area contributed by atoms with E-state index in [1.165, 1.54) is 11.1 Å². The molecule has 0 spiro atoms. The number of aromatic amines is 1. The van der Waals surface area contributed by atoms with E-state index in [0.717, 1.165) is 22.3 Å². The van der Waals surface area contributed by atoms with E-state index in [4.69, 9.17) is 4.74 Å². The van der Waals surface area contributed by atoms with E-state index in [1.54, 1.807) is 0 Å². The number of imidazole rings is 1. The van der Waals surface area contributed by atoms with Gasteiger partial charge in [-0.3, -0.25) is 0 Å². The Kier molecular flexibility index (Phi) is 4.65. The van der Waals surface area contributed by atoms with Crippen molar-refractivity contribution >= 4 is 22.7 Å². The number of H-pyrrole nitrogens is 1. The molecule has 3 aromatic carbocycles. The molecule has 0 atom stereocenters. The van der Waals surface area contributed by atoms with Crippen molar-refractivity contribution in [3.63, 3.8) is 0 Å². The van der Waals surface area contributed by atoms with Gasteiger partial charge in [-0.1, -0.05) is 30.3 Å². The van der Waals surface area contributed by atoms with Crippen LogP contribution in [-0.2, 0) is 0 Å². The molecule has 0 unspecified atom stereocenters. The van der Waals surface area contributed by atoms with Crippen molar-refractivity contribution in [2.75, 3.05) is 0 Å². The van der Waals surface area contributed by atoms with E-state index in [2.05, 4.69) is 36.0 Å². The molecule has 0 saturated carbocycles. The Balaban J connectivity index is 1.67. The smallest absolute Gasteiger partial charge is 0.149 e. The van der Waals surface area contributed by atoms with Crippen LogP contribution in [0.2, 0.25) is 0 Å². The number of hydrogen-bond acceptors (Lipinski definition) is 3. The normalized spacial score (nSPS) is 11.4. The Labute approximate surface area is 163 Å². The summed E-state index contributed by atoms with van der Waals surface area (Å²) in [5, 5.41) is 9.67. The Morgan fingerprint density at radius 2 is 1.71 bits per heavy atom. The van der Waals surface area contributed by atoms with Crippen LogP contribution in [0.25, 0.3) is 22.7 Å². The second-order valence-corrected chi connectivity index (χ2v) is 6.70. The molecule has 0 aliphatic heterocycles. The molecule has 4 heteroatoms. The second-order valence-electron chi connectivity index (χ2n) is 6.70. The fourth-order valence-electron chi connectivity index (χ4n) is 3.01. The van der Waals surface area contributed by atoms with Crippen molar-refractivity contribution in [3.05, 3.63) is 89.2 Å². The SMILES string of the molecule is Cc1cc2nc(/C(C#N)=C/c3cccc(Oc4ccccc4)c3)[nH]c2cc1C. The number of aryl methyl sites for hydroxylation is 2. The Hall–Kier alpha value is -3.84.